The molecule has 90 valence electrons. The highest BCUT2D eigenvalue weighted by atomic mass is 15.4. The van der Waals surface area contributed by atoms with Crippen molar-refractivity contribution in [2.75, 3.05) is 11.4 Å². The first kappa shape index (κ1) is 11.5. The number of hydrogen-bond donors (Lipinski definition) is 1. The van der Waals surface area contributed by atoms with Crippen LogP contribution in [0.2, 0.25) is 0 Å². The third-order valence-corrected chi connectivity index (χ3v) is 3.24. The van der Waals surface area contributed by atoms with Crippen molar-refractivity contribution in [1.82, 2.24) is 9.78 Å². The van der Waals surface area contributed by atoms with E-state index in [0.29, 0.717) is 6.54 Å². The van der Waals surface area contributed by atoms with Crippen molar-refractivity contribution in [3.8, 4) is 0 Å². The van der Waals surface area contributed by atoms with Gasteiger partial charge in [0, 0.05) is 31.7 Å². The van der Waals surface area contributed by atoms with Gasteiger partial charge in [-0.2, -0.15) is 5.10 Å². The third-order valence-electron chi connectivity index (χ3n) is 3.24. The Morgan fingerprint density at radius 1 is 1.50 bits per heavy atom. The van der Waals surface area contributed by atoms with Crippen LogP contribution >= 0.6 is 0 Å². The Balaban J connectivity index is 2.35. The molecule has 1 fully saturated rings. The van der Waals surface area contributed by atoms with Gasteiger partial charge in [0.05, 0.1) is 5.69 Å². The van der Waals surface area contributed by atoms with E-state index in [2.05, 4.69) is 16.9 Å². The van der Waals surface area contributed by atoms with Gasteiger partial charge in [-0.1, -0.05) is 6.92 Å². The molecule has 0 unspecified atom stereocenters. The van der Waals surface area contributed by atoms with Crippen molar-refractivity contribution < 1.29 is 0 Å². The molecule has 0 spiro atoms. The second-order valence-electron chi connectivity index (χ2n) is 4.64. The van der Waals surface area contributed by atoms with Gasteiger partial charge in [-0.05, 0) is 26.2 Å². The summed E-state index contributed by atoms with van der Waals surface area (Å²) in [4.78, 5) is 2.49. The molecule has 4 nitrogen and oxygen atoms in total. The van der Waals surface area contributed by atoms with Gasteiger partial charge in [0.1, 0.15) is 5.82 Å². The molecule has 16 heavy (non-hydrogen) atoms. The fourth-order valence-corrected chi connectivity index (χ4v) is 2.38. The minimum atomic E-state index is 0.585. The highest BCUT2D eigenvalue weighted by molar-refractivity contribution is 5.52. The maximum Gasteiger partial charge on any atom is 0.131 e. The van der Waals surface area contributed by atoms with E-state index < -0.39 is 0 Å². The van der Waals surface area contributed by atoms with Crippen LogP contribution in [0.4, 0.5) is 5.82 Å². The lowest BCUT2D eigenvalue weighted by Gasteiger charge is -2.25. The molecule has 0 aromatic carbocycles. The number of aromatic nitrogens is 2. The summed E-state index contributed by atoms with van der Waals surface area (Å²) >= 11 is 0. The molecule has 0 bridgehead atoms. The van der Waals surface area contributed by atoms with Crippen molar-refractivity contribution >= 4 is 5.82 Å². The van der Waals surface area contributed by atoms with Crippen LogP contribution in [0.1, 0.15) is 37.4 Å². The summed E-state index contributed by atoms with van der Waals surface area (Å²) < 4.78 is 1.99. The van der Waals surface area contributed by atoms with Gasteiger partial charge in [0.25, 0.3) is 0 Å². The number of rotatable bonds is 5. The largest absolute Gasteiger partial charge is 0.354 e. The molecule has 0 saturated heterocycles. The molecule has 1 aliphatic carbocycles. The van der Waals surface area contributed by atoms with Crippen molar-refractivity contribution in [3.63, 3.8) is 0 Å². The number of aryl methyl sites for hydroxylation is 2. The average molecular weight is 222 g/mol. The Labute approximate surface area is 97.4 Å². The number of nitrogens with two attached hydrogens (primary N) is 1. The van der Waals surface area contributed by atoms with E-state index in [1.165, 1.54) is 30.6 Å². The van der Waals surface area contributed by atoms with Crippen LogP contribution in [0.15, 0.2) is 0 Å². The van der Waals surface area contributed by atoms with Crippen LogP contribution in [-0.4, -0.2) is 22.4 Å². The molecule has 1 aromatic rings. The van der Waals surface area contributed by atoms with Crippen LogP contribution in [0.25, 0.3) is 0 Å². The Morgan fingerprint density at radius 3 is 2.69 bits per heavy atom. The van der Waals surface area contributed by atoms with Crippen molar-refractivity contribution in [2.45, 2.75) is 45.7 Å². The molecule has 0 radical (unpaired) electrons. The lowest BCUT2D eigenvalue weighted by Crippen LogP contribution is -2.29. The molecular weight excluding hydrogens is 200 g/mol. The van der Waals surface area contributed by atoms with Crippen LogP contribution in [0.5, 0.6) is 0 Å². The lowest BCUT2D eigenvalue weighted by molar-refractivity contribution is 0.681. The predicted octanol–water partition coefficient (Wildman–Crippen LogP) is 1.57. The normalized spacial score (nSPS) is 15.5. The fourth-order valence-electron chi connectivity index (χ4n) is 2.38. The predicted molar refractivity (Wildman–Crippen MR) is 66.5 cm³/mol. The van der Waals surface area contributed by atoms with Crippen molar-refractivity contribution in [3.05, 3.63) is 11.3 Å². The SMILES string of the molecule is CCCN(c1c(CN)c(C)nn1C)C1CC1. The van der Waals surface area contributed by atoms with Gasteiger partial charge >= 0.3 is 0 Å². The molecule has 1 aliphatic rings. The fraction of sp³-hybridized carbons (Fsp3) is 0.750. The van der Waals surface area contributed by atoms with E-state index in [0.717, 1.165) is 18.3 Å². The molecule has 4 heteroatoms. The monoisotopic (exact) mass is 222 g/mol. The molecule has 1 aromatic heterocycles. The number of anilines is 1. The van der Waals surface area contributed by atoms with E-state index >= 15 is 0 Å². The Kier molecular flexibility index (Phi) is 3.19. The first-order valence-corrected chi connectivity index (χ1v) is 6.18. The molecule has 0 aliphatic heterocycles. The molecule has 0 amide bonds. The summed E-state index contributed by atoms with van der Waals surface area (Å²) in [6.07, 6.45) is 3.80. The summed E-state index contributed by atoms with van der Waals surface area (Å²) in [5, 5.41) is 4.49. The van der Waals surface area contributed by atoms with E-state index in [9.17, 15) is 0 Å². The van der Waals surface area contributed by atoms with Gasteiger partial charge in [-0.3, -0.25) is 4.68 Å². The number of nitrogens with zero attached hydrogens (tertiary/aromatic N) is 3. The van der Waals surface area contributed by atoms with Gasteiger partial charge in [-0.25, -0.2) is 0 Å². The smallest absolute Gasteiger partial charge is 0.131 e. The Bertz CT molecular complexity index is 365. The minimum absolute atomic E-state index is 0.585. The number of hydrogen-bond acceptors (Lipinski definition) is 3. The van der Waals surface area contributed by atoms with E-state index in [1.807, 2.05) is 18.7 Å². The van der Waals surface area contributed by atoms with E-state index in [1.54, 1.807) is 0 Å². The van der Waals surface area contributed by atoms with E-state index in [-0.39, 0.29) is 0 Å². The summed E-state index contributed by atoms with van der Waals surface area (Å²) in [7, 11) is 2.02. The van der Waals surface area contributed by atoms with E-state index in [4.69, 9.17) is 5.73 Å². The summed E-state index contributed by atoms with van der Waals surface area (Å²) in [5.41, 5.74) is 8.12. The zero-order valence-electron chi connectivity index (χ0n) is 10.5. The van der Waals surface area contributed by atoms with Crippen LogP contribution < -0.4 is 10.6 Å². The third kappa shape index (κ3) is 1.94. The van der Waals surface area contributed by atoms with Crippen LogP contribution in [-0.2, 0) is 13.6 Å². The van der Waals surface area contributed by atoms with Crippen molar-refractivity contribution in [2.24, 2.45) is 12.8 Å². The zero-order chi connectivity index (χ0) is 11.7. The average Bonchev–Trinajstić information content (AvgIpc) is 3.02. The summed E-state index contributed by atoms with van der Waals surface area (Å²) in [6, 6.07) is 0.722. The van der Waals surface area contributed by atoms with Gasteiger partial charge in [0.2, 0.25) is 0 Å². The first-order chi connectivity index (χ1) is 7.69. The quantitative estimate of drug-likeness (QED) is 0.822. The van der Waals surface area contributed by atoms with Crippen molar-refractivity contribution in [1.29, 1.82) is 0 Å². The summed E-state index contributed by atoms with van der Waals surface area (Å²) in [6.45, 7) is 5.96. The second-order valence-corrected chi connectivity index (χ2v) is 4.64. The molecule has 0 atom stereocenters. The van der Waals surface area contributed by atoms with Gasteiger partial charge in [0.15, 0.2) is 0 Å². The second kappa shape index (κ2) is 4.45. The highest BCUT2D eigenvalue weighted by Gasteiger charge is 2.32. The Hall–Kier alpha value is -1.03. The first-order valence-electron chi connectivity index (χ1n) is 6.18. The summed E-state index contributed by atoms with van der Waals surface area (Å²) in [5.74, 6) is 1.24. The minimum Gasteiger partial charge on any atom is -0.354 e. The maximum atomic E-state index is 5.84. The molecule has 1 heterocycles. The van der Waals surface area contributed by atoms with Crippen LogP contribution in [0.3, 0.4) is 0 Å². The highest BCUT2D eigenvalue weighted by Crippen LogP contribution is 2.34. The lowest BCUT2D eigenvalue weighted by atomic mass is 10.2. The van der Waals surface area contributed by atoms with Crippen LogP contribution in [0, 0.1) is 6.92 Å². The van der Waals surface area contributed by atoms with Gasteiger partial charge in [-0.15, -0.1) is 0 Å². The standard InChI is InChI=1S/C12H22N4/c1-4-7-16(10-5-6-10)12-11(8-13)9(2)14-15(12)3/h10H,4-8,13H2,1-3H3. The topological polar surface area (TPSA) is 47.1 Å². The van der Waals surface area contributed by atoms with Gasteiger partial charge < -0.3 is 10.6 Å². The molecular formula is C12H22N4. The maximum absolute atomic E-state index is 5.84. The molecule has 1 saturated carbocycles. The molecule has 2 rings (SSSR count). The zero-order valence-corrected chi connectivity index (χ0v) is 10.5. The Morgan fingerprint density at radius 2 is 2.19 bits per heavy atom. The molecule has 2 N–H and O–H groups in total.